The third-order valence-corrected chi connectivity index (χ3v) is 6.04. The SMILES string of the molecule is O=S(=O)([O-])c1ccccc1C=Cc1ccc(C=Cc2ccccc2S(=O)(=O)[O-])cc1.[Na+].[Na+]. The summed E-state index contributed by atoms with van der Waals surface area (Å²) >= 11 is 0. The second kappa shape index (κ2) is 12.4. The summed E-state index contributed by atoms with van der Waals surface area (Å²) in [5, 5.41) is 0. The van der Waals surface area contributed by atoms with Gasteiger partial charge in [-0.3, -0.25) is 0 Å². The smallest absolute Gasteiger partial charge is 0.744 e. The van der Waals surface area contributed by atoms with Gasteiger partial charge in [-0.1, -0.05) is 85.0 Å². The van der Waals surface area contributed by atoms with Gasteiger partial charge in [-0.2, -0.15) is 0 Å². The van der Waals surface area contributed by atoms with E-state index >= 15 is 0 Å². The van der Waals surface area contributed by atoms with Crippen LogP contribution in [0.15, 0.2) is 82.6 Å². The zero-order valence-electron chi connectivity index (χ0n) is 17.5. The molecular formula is C22H16Na2O6S2. The fraction of sp³-hybridized carbons (Fsp3) is 0. The molecule has 0 saturated heterocycles. The molecule has 0 radical (unpaired) electrons. The van der Waals surface area contributed by atoms with Gasteiger partial charge in [0.15, 0.2) is 0 Å². The zero-order chi connectivity index (χ0) is 21.8. The summed E-state index contributed by atoms with van der Waals surface area (Å²) in [5.74, 6) is 0. The Morgan fingerprint density at radius 3 is 1.12 bits per heavy atom. The summed E-state index contributed by atoms with van der Waals surface area (Å²) in [4.78, 5) is -0.569. The minimum atomic E-state index is -4.57. The normalized spacial score (nSPS) is 11.8. The molecule has 0 spiro atoms. The Labute approximate surface area is 232 Å². The molecule has 154 valence electrons. The van der Waals surface area contributed by atoms with Gasteiger partial charge in [-0.05, 0) is 34.4 Å². The van der Waals surface area contributed by atoms with Crippen LogP contribution in [-0.2, 0) is 20.2 Å². The molecule has 0 fully saturated rings. The summed E-state index contributed by atoms with van der Waals surface area (Å²) in [7, 11) is -9.14. The number of hydrogen-bond acceptors (Lipinski definition) is 6. The Balaban J connectivity index is 0.00000256. The van der Waals surface area contributed by atoms with Crippen LogP contribution in [0.2, 0.25) is 0 Å². The van der Waals surface area contributed by atoms with Crippen LogP contribution in [0.5, 0.6) is 0 Å². The first kappa shape index (κ1) is 29.0. The molecule has 32 heavy (non-hydrogen) atoms. The second-order valence-electron chi connectivity index (χ2n) is 6.32. The van der Waals surface area contributed by atoms with Crippen molar-refractivity contribution < 1.29 is 85.1 Å². The molecule has 0 atom stereocenters. The first-order valence-corrected chi connectivity index (χ1v) is 11.5. The molecule has 0 heterocycles. The molecule has 0 aliphatic rings. The van der Waals surface area contributed by atoms with Crippen LogP contribution >= 0.6 is 0 Å². The molecule has 0 amide bonds. The fourth-order valence-corrected chi connectivity index (χ4v) is 4.12. The van der Waals surface area contributed by atoms with Crippen molar-refractivity contribution >= 4 is 44.5 Å². The van der Waals surface area contributed by atoms with Gasteiger partial charge in [0.1, 0.15) is 20.2 Å². The first-order valence-electron chi connectivity index (χ1n) is 8.71. The molecule has 0 saturated carbocycles. The molecule has 0 aliphatic carbocycles. The third kappa shape index (κ3) is 8.07. The van der Waals surface area contributed by atoms with E-state index in [2.05, 4.69) is 0 Å². The van der Waals surface area contributed by atoms with E-state index < -0.39 is 20.2 Å². The van der Waals surface area contributed by atoms with Crippen LogP contribution in [0.25, 0.3) is 24.3 Å². The Morgan fingerprint density at radius 2 is 0.812 bits per heavy atom. The predicted octanol–water partition coefficient (Wildman–Crippen LogP) is -2.16. The first-order chi connectivity index (χ1) is 14.1. The van der Waals surface area contributed by atoms with Gasteiger partial charge < -0.3 is 9.11 Å². The van der Waals surface area contributed by atoms with Crippen molar-refractivity contribution in [1.82, 2.24) is 0 Å². The van der Waals surface area contributed by atoms with E-state index in [4.69, 9.17) is 0 Å². The largest absolute Gasteiger partial charge is 1.00 e. The standard InChI is InChI=1S/C22H18O6S2.2Na/c23-29(24,25)21-7-3-1-5-19(21)15-13-17-9-11-18(12-10-17)14-16-20-6-2-4-8-22(20)30(26,27)28;;/h1-16H,(H,23,24,25)(H,26,27,28);;/q;2*+1/p-2. The zero-order valence-corrected chi connectivity index (χ0v) is 23.1. The van der Waals surface area contributed by atoms with Crippen LogP contribution in [-0.4, -0.2) is 25.9 Å². The summed E-state index contributed by atoms with van der Waals surface area (Å²) < 4.78 is 68.0. The Kier molecular flexibility index (Phi) is 11.3. The molecular weight excluding hydrogens is 470 g/mol. The van der Waals surface area contributed by atoms with E-state index in [1.54, 1.807) is 72.8 Å². The summed E-state index contributed by atoms with van der Waals surface area (Å²) in [6.45, 7) is 0. The summed E-state index contributed by atoms with van der Waals surface area (Å²) in [5.41, 5.74) is 2.14. The molecule has 0 aromatic heterocycles. The van der Waals surface area contributed by atoms with Crippen molar-refractivity contribution in [3.63, 3.8) is 0 Å². The van der Waals surface area contributed by atoms with Crippen LogP contribution in [0.1, 0.15) is 22.3 Å². The molecule has 0 N–H and O–H groups in total. The van der Waals surface area contributed by atoms with E-state index in [1.165, 1.54) is 24.3 Å². The van der Waals surface area contributed by atoms with Crippen molar-refractivity contribution in [1.29, 1.82) is 0 Å². The van der Waals surface area contributed by atoms with Crippen molar-refractivity contribution in [3.05, 3.63) is 95.1 Å². The van der Waals surface area contributed by atoms with E-state index in [1.807, 2.05) is 0 Å². The quantitative estimate of drug-likeness (QED) is 0.223. The molecule has 0 bridgehead atoms. The third-order valence-electron chi connectivity index (χ3n) is 4.22. The van der Waals surface area contributed by atoms with E-state index in [9.17, 15) is 25.9 Å². The maximum atomic E-state index is 11.3. The van der Waals surface area contributed by atoms with Crippen molar-refractivity contribution in [2.45, 2.75) is 9.79 Å². The van der Waals surface area contributed by atoms with E-state index in [0.29, 0.717) is 11.1 Å². The maximum Gasteiger partial charge on any atom is 1.00 e. The fourth-order valence-electron chi connectivity index (χ4n) is 2.78. The van der Waals surface area contributed by atoms with E-state index in [0.717, 1.165) is 11.1 Å². The average molecular weight is 486 g/mol. The molecule has 3 aromatic rings. The van der Waals surface area contributed by atoms with Gasteiger partial charge in [0, 0.05) is 0 Å². The molecule has 6 nitrogen and oxygen atoms in total. The van der Waals surface area contributed by atoms with Crippen LogP contribution < -0.4 is 59.1 Å². The minimum absolute atomic E-state index is 0. The summed E-state index contributed by atoms with van der Waals surface area (Å²) in [6.07, 6.45) is 6.45. The van der Waals surface area contributed by atoms with Gasteiger partial charge in [-0.15, -0.1) is 0 Å². The maximum absolute atomic E-state index is 11.3. The number of benzene rings is 3. The molecule has 10 heteroatoms. The molecule has 0 aliphatic heterocycles. The van der Waals surface area contributed by atoms with E-state index in [-0.39, 0.29) is 68.9 Å². The second-order valence-corrected chi connectivity index (χ2v) is 9.01. The summed E-state index contributed by atoms with van der Waals surface area (Å²) in [6, 6.07) is 19.0. The number of hydrogen-bond donors (Lipinski definition) is 0. The van der Waals surface area contributed by atoms with Crippen molar-refractivity contribution in [3.8, 4) is 0 Å². The van der Waals surface area contributed by atoms with Gasteiger partial charge in [0.05, 0.1) is 9.79 Å². The van der Waals surface area contributed by atoms with Gasteiger partial charge in [0.25, 0.3) is 0 Å². The van der Waals surface area contributed by atoms with Crippen LogP contribution in [0.4, 0.5) is 0 Å². The molecule has 3 rings (SSSR count). The Morgan fingerprint density at radius 1 is 0.500 bits per heavy atom. The van der Waals surface area contributed by atoms with Crippen LogP contribution in [0, 0.1) is 0 Å². The monoisotopic (exact) mass is 486 g/mol. The van der Waals surface area contributed by atoms with Crippen molar-refractivity contribution in [2.24, 2.45) is 0 Å². The average Bonchev–Trinajstić information content (AvgIpc) is 2.70. The number of rotatable bonds is 6. The Hall–Kier alpha value is -1.04. The molecule has 0 unspecified atom stereocenters. The molecule has 3 aromatic carbocycles. The van der Waals surface area contributed by atoms with Gasteiger partial charge >= 0.3 is 59.1 Å². The van der Waals surface area contributed by atoms with Crippen molar-refractivity contribution in [2.75, 3.05) is 0 Å². The van der Waals surface area contributed by atoms with Gasteiger partial charge in [-0.25, -0.2) is 16.8 Å². The van der Waals surface area contributed by atoms with Crippen LogP contribution in [0.3, 0.4) is 0 Å². The topological polar surface area (TPSA) is 114 Å². The minimum Gasteiger partial charge on any atom is -0.744 e. The predicted molar refractivity (Wildman–Crippen MR) is 113 cm³/mol. The Bertz CT molecular complexity index is 1230. The van der Waals surface area contributed by atoms with Gasteiger partial charge in [0.2, 0.25) is 0 Å².